The van der Waals surface area contributed by atoms with Crippen molar-refractivity contribution >= 4 is 35.7 Å². The number of ketones is 2. The van der Waals surface area contributed by atoms with Gasteiger partial charge in [-0.3, -0.25) is 19.4 Å². The van der Waals surface area contributed by atoms with Crippen LogP contribution in [-0.2, 0) is 41.4 Å². The van der Waals surface area contributed by atoms with Crippen LogP contribution in [0.5, 0.6) is 0 Å². The molecule has 4 fully saturated rings. The summed E-state index contributed by atoms with van der Waals surface area (Å²) in [5.41, 5.74) is 3.29. The number of Topliss-reactive ketones (excluding diaryl/α,β-unsaturated/α-hetero) is 2. The van der Waals surface area contributed by atoms with Gasteiger partial charge in [-0.25, -0.2) is 19.2 Å². The van der Waals surface area contributed by atoms with Crippen molar-refractivity contribution < 1.29 is 47.7 Å². The van der Waals surface area contributed by atoms with Crippen LogP contribution in [0.1, 0.15) is 125 Å². The Hall–Kier alpha value is -4.74. The van der Waals surface area contributed by atoms with Crippen LogP contribution < -0.4 is 0 Å². The fourth-order valence-corrected chi connectivity index (χ4v) is 9.53. The molecule has 2 aromatic rings. The normalized spacial score (nSPS) is 25.1. The molecule has 2 heterocycles. The van der Waals surface area contributed by atoms with Crippen LogP contribution in [0, 0.1) is 11.8 Å². The summed E-state index contributed by atoms with van der Waals surface area (Å²) in [5.74, 6) is -1.42. The highest BCUT2D eigenvalue weighted by atomic mass is 16.6. The van der Waals surface area contributed by atoms with Gasteiger partial charge in [0.25, 0.3) is 0 Å². The predicted molar refractivity (Wildman–Crippen MR) is 205 cm³/mol. The van der Waals surface area contributed by atoms with Crippen LogP contribution in [0.25, 0.3) is 11.1 Å². The van der Waals surface area contributed by atoms with Crippen LogP contribution >= 0.6 is 0 Å². The highest BCUT2D eigenvalue weighted by Crippen LogP contribution is 2.44. The first-order chi connectivity index (χ1) is 26.5. The number of amides is 2. The molecule has 0 radical (unpaired) electrons. The number of esters is 2. The smallest absolute Gasteiger partial charge is 0.411 e. The van der Waals surface area contributed by atoms with Gasteiger partial charge in [-0.05, 0) is 139 Å². The van der Waals surface area contributed by atoms with E-state index in [9.17, 15) is 28.8 Å². The minimum atomic E-state index is -0.779. The molecule has 12 heteroatoms. The van der Waals surface area contributed by atoms with E-state index in [0.29, 0.717) is 36.8 Å². The van der Waals surface area contributed by atoms with Crippen LogP contribution in [0.15, 0.2) is 36.4 Å². The largest absolute Gasteiger partial charge is 0.456 e. The van der Waals surface area contributed by atoms with Crippen LogP contribution in [0.3, 0.4) is 0 Å². The maximum absolute atomic E-state index is 13.3. The van der Waals surface area contributed by atoms with E-state index in [1.807, 2.05) is 24.3 Å². The molecule has 7 rings (SSSR count). The quantitative estimate of drug-likeness (QED) is 0.153. The summed E-state index contributed by atoms with van der Waals surface area (Å²) in [5, 5.41) is 0. The molecule has 2 aliphatic heterocycles. The lowest BCUT2D eigenvalue weighted by Crippen LogP contribution is -2.48. The summed E-state index contributed by atoms with van der Waals surface area (Å²) in [6, 6.07) is 9.16. The van der Waals surface area contributed by atoms with E-state index in [1.54, 1.807) is 63.5 Å². The standard InChI is InChI=1S/C44H54N2O10/c1-43(2,3)55-41(51)45-33-11-7-9-27(33)21-35(45)39(49)53-23-37(47)29-15-17-31-25(19-29)13-14-26-20-30(16-18-32(26)31)38(48)24-54-40(50)36-22-28-10-8-12-34(28)46(36)42(52)56-44(4,5)6/h15-20,27-28,33-36H,7-14,21-24H2,1-6H3/t27-,28+,33-,34+,35-,36-/m0/s1. The van der Waals surface area contributed by atoms with Crippen molar-refractivity contribution in [2.75, 3.05) is 13.2 Å². The number of rotatable bonds is 8. The number of ether oxygens (including phenoxy) is 4. The number of benzene rings is 2. The molecule has 5 aliphatic rings. The summed E-state index contributed by atoms with van der Waals surface area (Å²) >= 11 is 0. The van der Waals surface area contributed by atoms with Crippen molar-refractivity contribution in [3.8, 4) is 11.1 Å². The minimum absolute atomic E-state index is 0.0616. The van der Waals surface area contributed by atoms with Gasteiger partial charge in [-0.15, -0.1) is 0 Å². The van der Waals surface area contributed by atoms with Crippen LogP contribution in [0.2, 0.25) is 0 Å². The molecule has 0 aromatic heterocycles. The zero-order valence-corrected chi connectivity index (χ0v) is 33.4. The molecule has 0 unspecified atom stereocenters. The minimum Gasteiger partial charge on any atom is -0.456 e. The van der Waals surface area contributed by atoms with Crippen molar-refractivity contribution in [2.45, 2.75) is 141 Å². The fraction of sp³-hybridized carbons (Fsp3) is 0.591. The van der Waals surface area contributed by atoms with Crippen molar-refractivity contribution in [3.63, 3.8) is 0 Å². The third kappa shape index (κ3) is 8.20. The molecule has 0 bridgehead atoms. The Morgan fingerprint density at radius 3 is 1.36 bits per heavy atom. The number of carbonyl (C=O) groups is 6. The first-order valence-electron chi connectivity index (χ1n) is 20.2. The predicted octanol–water partition coefficient (Wildman–Crippen LogP) is 7.26. The molecule has 2 saturated carbocycles. The molecule has 12 nitrogen and oxygen atoms in total. The second kappa shape index (κ2) is 15.3. The lowest BCUT2D eigenvalue weighted by atomic mass is 9.83. The highest BCUT2D eigenvalue weighted by molar-refractivity contribution is 6.00. The summed E-state index contributed by atoms with van der Waals surface area (Å²) in [4.78, 5) is 82.5. The zero-order valence-electron chi connectivity index (χ0n) is 33.4. The molecular weight excluding hydrogens is 716 g/mol. The van der Waals surface area contributed by atoms with Gasteiger partial charge >= 0.3 is 24.1 Å². The Labute approximate surface area is 328 Å². The van der Waals surface area contributed by atoms with E-state index in [-0.39, 0.29) is 35.5 Å². The van der Waals surface area contributed by atoms with Crippen molar-refractivity contribution in [1.29, 1.82) is 0 Å². The first kappa shape index (κ1) is 39.5. The highest BCUT2D eigenvalue weighted by Gasteiger charge is 2.52. The van der Waals surface area contributed by atoms with Gasteiger partial charge in [0.05, 0.1) is 0 Å². The third-order valence-electron chi connectivity index (χ3n) is 11.9. The van der Waals surface area contributed by atoms with Gasteiger partial charge in [0, 0.05) is 23.2 Å². The summed E-state index contributed by atoms with van der Waals surface area (Å²) in [6.07, 6.45) is 6.73. The van der Waals surface area contributed by atoms with E-state index in [2.05, 4.69) is 0 Å². The van der Waals surface area contributed by atoms with Crippen molar-refractivity contribution in [1.82, 2.24) is 9.80 Å². The number of hydrogen-bond donors (Lipinski definition) is 0. The molecule has 2 saturated heterocycles. The van der Waals surface area contributed by atoms with Gasteiger partial charge in [0.2, 0.25) is 0 Å². The van der Waals surface area contributed by atoms with Gasteiger partial charge in [0.1, 0.15) is 23.3 Å². The SMILES string of the molecule is CC(C)(C)OC(=O)N1[C@@H]2CCC[C@@H]2C[C@H]1C(=O)OCC(=O)c1ccc2c(c1)CCc1cc(C(=O)COC(=O)[C@@H]3C[C@@H]4CCC[C@@H]4N3C(=O)OC(C)(C)C)ccc1-2. The van der Waals surface area contributed by atoms with Gasteiger partial charge in [-0.2, -0.15) is 0 Å². The number of aryl methyl sites for hydroxylation is 2. The Bertz CT molecular complexity index is 1790. The first-order valence-corrected chi connectivity index (χ1v) is 20.2. The number of fused-ring (bicyclic) bond motifs is 5. The van der Waals surface area contributed by atoms with E-state index < -0.39 is 60.6 Å². The van der Waals surface area contributed by atoms with Crippen molar-refractivity contribution in [2.24, 2.45) is 11.8 Å². The average molecular weight is 771 g/mol. The number of nitrogens with zero attached hydrogens (tertiary/aromatic N) is 2. The molecular formula is C44H54N2O10. The second-order valence-electron chi connectivity index (χ2n) is 18.1. The van der Waals surface area contributed by atoms with Gasteiger partial charge in [0.15, 0.2) is 24.8 Å². The Morgan fingerprint density at radius 1 is 0.589 bits per heavy atom. The molecule has 56 heavy (non-hydrogen) atoms. The lowest BCUT2D eigenvalue weighted by molar-refractivity contribution is -0.148. The summed E-state index contributed by atoms with van der Waals surface area (Å²) in [6.45, 7) is 9.89. The fourth-order valence-electron chi connectivity index (χ4n) is 9.53. The third-order valence-corrected chi connectivity index (χ3v) is 11.9. The maximum atomic E-state index is 13.3. The summed E-state index contributed by atoms with van der Waals surface area (Å²) in [7, 11) is 0. The topological polar surface area (TPSA) is 146 Å². The van der Waals surface area contributed by atoms with Crippen LogP contribution in [0.4, 0.5) is 9.59 Å². The second-order valence-corrected chi connectivity index (χ2v) is 18.1. The Balaban J connectivity index is 0.954. The Morgan fingerprint density at radius 2 is 0.982 bits per heavy atom. The van der Waals surface area contributed by atoms with E-state index in [0.717, 1.165) is 60.8 Å². The van der Waals surface area contributed by atoms with Gasteiger partial charge in [-0.1, -0.05) is 37.1 Å². The summed E-state index contributed by atoms with van der Waals surface area (Å²) < 4.78 is 22.4. The van der Waals surface area contributed by atoms with Crippen molar-refractivity contribution in [3.05, 3.63) is 58.7 Å². The number of likely N-dealkylation sites (tertiary alicyclic amines) is 2. The molecule has 2 amide bonds. The van der Waals surface area contributed by atoms with Crippen LogP contribution in [-0.4, -0.2) is 94.1 Å². The molecule has 2 aromatic carbocycles. The monoisotopic (exact) mass is 770 g/mol. The molecule has 0 spiro atoms. The molecule has 6 atom stereocenters. The van der Waals surface area contributed by atoms with E-state index in [4.69, 9.17) is 18.9 Å². The van der Waals surface area contributed by atoms with Gasteiger partial charge < -0.3 is 18.9 Å². The molecule has 3 aliphatic carbocycles. The average Bonchev–Trinajstić information content (AvgIpc) is 3.92. The maximum Gasteiger partial charge on any atom is 0.411 e. The van der Waals surface area contributed by atoms with E-state index in [1.165, 1.54) is 0 Å². The zero-order chi connectivity index (χ0) is 40.1. The number of carbonyl (C=O) groups excluding carboxylic acids is 6. The number of hydrogen-bond acceptors (Lipinski definition) is 10. The lowest BCUT2D eigenvalue weighted by Gasteiger charge is -2.31. The Kier molecular flexibility index (Phi) is 10.8. The molecule has 0 N–H and O–H groups in total. The molecule has 300 valence electrons. The van der Waals surface area contributed by atoms with E-state index >= 15 is 0 Å².